The molecule has 2 saturated carbocycles. The van der Waals surface area contributed by atoms with E-state index in [1.165, 1.54) is 64.2 Å². The lowest BCUT2D eigenvalue weighted by Gasteiger charge is -2.41. The van der Waals surface area contributed by atoms with Gasteiger partial charge in [-0.15, -0.1) is 0 Å². The summed E-state index contributed by atoms with van der Waals surface area (Å²) in [4.78, 5) is 0. The third kappa shape index (κ3) is 4.46. The van der Waals surface area contributed by atoms with Gasteiger partial charge in [0.05, 0.1) is 12.2 Å². The van der Waals surface area contributed by atoms with Crippen LogP contribution in [0, 0.1) is 17.8 Å². The molecule has 2 fully saturated rings. The molecule has 0 spiro atoms. The van der Waals surface area contributed by atoms with Crippen molar-refractivity contribution in [1.29, 1.82) is 0 Å². The van der Waals surface area contributed by atoms with E-state index in [0.29, 0.717) is 24.2 Å². The molecule has 2 nitrogen and oxygen atoms in total. The van der Waals surface area contributed by atoms with Crippen molar-refractivity contribution in [2.75, 3.05) is 0 Å². The molecule has 2 atom stereocenters. The molecule has 0 aromatic carbocycles. The molecule has 2 unspecified atom stereocenters. The Morgan fingerprint density at radius 2 is 1.21 bits per heavy atom. The first-order valence-corrected chi connectivity index (χ1v) is 8.54. The van der Waals surface area contributed by atoms with Crippen molar-refractivity contribution in [2.45, 2.75) is 89.8 Å². The lowest BCUT2D eigenvalue weighted by Crippen LogP contribution is -2.38. The number of hydrogen-bond acceptors (Lipinski definition) is 2. The molecule has 2 rings (SSSR count). The number of aliphatic hydroxyl groups is 2. The lowest BCUT2D eigenvalue weighted by molar-refractivity contribution is -0.0163. The summed E-state index contributed by atoms with van der Waals surface area (Å²) >= 11 is 0. The second-order valence-electron chi connectivity index (χ2n) is 7.03. The molecule has 2 aliphatic carbocycles. The Hall–Kier alpha value is -0.0800. The van der Waals surface area contributed by atoms with Crippen molar-refractivity contribution < 1.29 is 10.2 Å². The van der Waals surface area contributed by atoms with Gasteiger partial charge in [0.2, 0.25) is 0 Å². The Balaban J connectivity index is 2.01. The zero-order valence-electron chi connectivity index (χ0n) is 12.6. The second kappa shape index (κ2) is 7.64. The third-order valence-corrected chi connectivity index (χ3v) is 5.42. The fraction of sp³-hybridized carbons (Fsp3) is 1.00. The highest BCUT2D eigenvalue weighted by molar-refractivity contribution is 4.86. The topological polar surface area (TPSA) is 40.5 Å². The van der Waals surface area contributed by atoms with Crippen LogP contribution in [0.2, 0.25) is 0 Å². The number of rotatable bonds is 5. The predicted octanol–water partition coefficient (Wildman–Crippen LogP) is 3.90. The molecule has 2 N–H and O–H groups in total. The van der Waals surface area contributed by atoms with Crippen LogP contribution < -0.4 is 0 Å². The van der Waals surface area contributed by atoms with Crippen LogP contribution in [0.5, 0.6) is 0 Å². The van der Waals surface area contributed by atoms with Crippen LogP contribution in [-0.4, -0.2) is 22.4 Å². The monoisotopic (exact) mass is 268 g/mol. The predicted molar refractivity (Wildman–Crippen MR) is 78.9 cm³/mol. The van der Waals surface area contributed by atoms with Gasteiger partial charge in [0.1, 0.15) is 0 Å². The second-order valence-corrected chi connectivity index (χ2v) is 7.03. The molecule has 0 heterocycles. The molecule has 0 bridgehead atoms. The van der Waals surface area contributed by atoms with Crippen molar-refractivity contribution in [3.63, 3.8) is 0 Å². The van der Waals surface area contributed by atoms with Crippen molar-refractivity contribution >= 4 is 0 Å². The standard InChI is InChI=1S/C17H32O2/c1-13(18)12-16(19)17(14-8-4-2-5-9-14)15-10-6-3-7-11-15/h13-19H,2-12H2,1H3. The SMILES string of the molecule is CC(O)CC(O)C(C1CCCCC1)C1CCCCC1. The summed E-state index contributed by atoms with van der Waals surface area (Å²) in [5.41, 5.74) is 0. The van der Waals surface area contributed by atoms with Crippen LogP contribution in [-0.2, 0) is 0 Å². The van der Waals surface area contributed by atoms with E-state index < -0.39 is 0 Å². The van der Waals surface area contributed by atoms with E-state index in [-0.39, 0.29) is 12.2 Å². The molecule has 2 aliphatic rings. The minimum Gasteiger partial charge on any atom is -0.393 e. The first-order chi connectivity index (χ1) is 9.18. The zero-order valence-corrected chi connectivity index (χ0v) is 12.6. The molecule has 112 valence electrons. The smallest absolute Gasteiger partial charge is 0.0598 e. The van der Waals surface area contributed by atoms with Crippen molar-refractivity contribution in [1.82, 2.24) is 0 Å². The molecular weight excluding hydrogens is 236 g/mol. The van der Waals surface area contributed by atoms with Gasteiger partial charge in [0.25, 0.3) is 0 Å². The molecule has 0 aromatic rings. The molecule has 0 aliphatic heterocycles. The minimum atomic E-state index is -0.371. The first kappa shape index (κ1) is 15.3. The molecule has 2 heteroatoms. The van der Waals surface area contributed by atoms with Gasteiger partial charge in [-0.25, -0.2) is 0 Å². The summed E-state index contributed by atoms with van der Waals surface area (Å²) in [7, 11) is 0. The third-order valence-electron chi connectivity index (χ3n) is 5.42. The first-order valence-electron chi connectivity index (χ1n) is 8.54. The van der Waals surface area contributed by atoms with Gasteiger partial charge in [0, 0.05) is 0 Å². The summed E-state index contributed by atoms with van der Waals surface area (Å²) in [6.07, 6.45) is 13.2. The van der Waals surface area contributed by atoms with Gasteiger partial charge in [-0.1, -0.05) is 64.2 Å². The summed E-state index contributed by atoms with van der Waals surface area (Å²) < 4.78 is 0. The number of hydrogen-bond donors (Lipinski definition) is 2. The molecule has 0 radical (unpaired) electrons. The summed E-state index contributed by atoms with van der Waals surface area (Å²) in [6.45, 7) is 1.81. The quantitative estimate of drug-likeness (QED) is 0.794. The normalized spacial score (nSPS) is 26.5. The van der Waals surface area contributed by atoms with Crippen LogP contribution in [0.15, 0.2) is 0 Å². The van der Waals surface area contributed by atoms with Crippen LogP contribution in [0.4, 0.5) is 0 Å². The van der Waals surface area contributed by atoms with Crippen molar-refractivity contribution in [3.05, 3.63) is 0 Å². The maximum atomic E-state index is 10.6. The summed E-state index contributed by atoms with van der Waals surface area (Å²) in [5, 5.41) is 20.2. The molecule has 0 aromatic heterocycles. The highest BCUT2D eigenvalue weighted by Crippen LogP contribution is 2.42. The number of aliphatic hydroxyl groups excluding tert-OH is 2. The van der Waals surface area contributed by atoms with E-state index in [9.17, 15) is 10.2 Å². The van der Waals surface area contributed by atoms with E-state index in [1.807, 2.05) is 6.92 Å². The molecule has 0 amide bonds. The van der Waals surface area contributed by atoms with E-state index in [1.54, 1.807) is 0 Å². The highest BCUT2D eigenvalue weighted by atomic mass is 16.3. The average Bonchev–Trinajstić information content (AvgIpc) is 2.40. The Kier molecular flexibility index (Phi) is 6.15. The van der Waals surface area contributed by atoms with E-state index >= 15 is 0 Å². The van der Waals surface area contributed by atoms with Crippen LogP contribution in [0.25, 0.3) is 0 Å². The van der Waals surface area contributed by atoms with Gasteiger partial charge in [-0.05, 0) is 31.1 Å². The van der Waals surface area contributed by atoms with Gasteiger partial charge in [-0.3, -0.25) is 0 Å². The van der Waals surface area contributed by atoms with E-state index in [0.717, 1.165) is 0 Å². The van der Waals surface area contributed by atoms with Gasteiger partial charge < -0.3 is 10.2 Å². The maximum absolute atomic E-state index is 10.6. The molecule has 19 heavy (non-hydrogen) atoms. The Labute approximate surface area is 118 Å². The lowest BCUT2D eigenvalue weighted by atomic mass is 9.67. The molecule has 0 saturated heterocycles. The Morgan fingerprint density at radius 3 is 1.58 bits per heavy atom. The van der Waals surface area contributed by atoms with Crippen molar-refractivity contribution in [2.24, 2.45) is 17.8 Å². The van der Waals surface area contributed by atoms with Gasteiger partial charge in [0.15, 0.2) is 0 Å². The Bertz CT molecular complexity index is 222. The summed E-state index contributed by atoms with van der Waals surface area (Å²) in [6, 6.07) is 0. The maximum Gasteiger partial charge on any atom is 0.0598 e. The van der Waals surface area contributed by atoms with Crippen LogP contribution in [0.3, 0.4) is 0 Å². The fourth-order valence-corrected chi connectivity index (χ4v) is 4.56. The minimum absolute atomic E-state index is 0.286. The van der Waals surface area contributed by atoms with E-state index in [2.05, 4.69) is 0 Å². The van der Waals surface area contributed by atoms with Crippen molar-refractivity contribution in [3.8, 4) is 0 Å². The van der Waals surface area contributed by atoms with E-state index in [4.69, 9.17) is 0 Å². The largest absolute Gasteiger partial charge is 0.393 e. The zero-order chi connectivity index (χ0) is 13.7. The highest BCUT2D eigenvalue weighted by Gasteiger charge is 2.36. The van der Waals surface area contributed by atoms with Crippen LogP contribution >= 0.6 is 0 Å². The van der Waals surface area contributed by atoms with Crippen LogP contribution in [0.1, 0.15) is 77.6 Å². The summed E-state index contributed by atoms with van der Waals surface area (Å²) in [5.74, 6) is 1.88. The van der Waals surface area contributed by atoms with Gasteiger partial charge >= 0.3 is 0 Å². The Morgan fingerprint density at radius 1 is 0.789 bits per heavy atom. The fourth-order valence-electron chi connectivity index (χ4n) is 4.56. The average molecular weight is 268 g/mol. The van der Waals surface area contributed by atoms with Gasteiger partial charge in [-0.2, -0.15) is 0 Å². The molecular formula is C17H32O2.